The van der Waals surface area contributed by atoms with Crippen LogP contribution in [0.2, 0.25) is 0 Å². The predicted octanol–water partition coefficient (Wildman–Crippen LogP) is 4.34. The minimum atomic E-state index is -1.12. The molecular weight excluding hydrogens is 400 g/mol. The average Bonchev–Trinajstić information content (AvgIpc) is 3.28. The first-order chi connectivity index (χ1) is 14.5. The van der Waals surface area contributed by atoms with Crippen LogP contribution in [-0.4, -0.2) is 26.0 Å². The zero-order chi connectivity index (χ0) is 21.3. The number of thiophene rings is 1. The van der Waals surface area contributed by atoms with Gasteiger partial charge in [-0.25, -0.2) is 0 Å². The second-order valence-corrected chi connectivity index (χ2v) is 8.05. The third-order valence-electron chi connectivity index (χ3n) is 5.29. The number of carbonyl (C=O) groups excluding carboxylic acids is 2. The maximum absolute atomic E-state index is 13.7. The summed E-state index contributed by atoms with van der Waals surface area (Å²) in [6.07, 6.45) is 0.0967. The molecule has 0 radical (unpaired) electrons. The molecule has 0 unspecified atom stereocenters. The molecule has 0 bridgehead atoms. The normalized spacial score (nSPS) is 18.0. The molecule has 1 fully saturated rings. The molecular formula is C23H22N2O4S. The Morgan fingerprint density at radius 2 is 1.87 bits per heavy atom. The van der Waals surface area contributed by atoms with Gasteiger partial charge in [0.15, 0.2) is 5.54 Å². The number of aryl methyl sites for hydroxylation is 1. The van der Waals surface area contributed by atoms with E-state index in [0.717, 1.165) is 10.4 Å². The van der Waals surface area contributed by atoms with E-state index in [1.54, 1.807) is 30.2 Å². The number of ether oxygens (including phenoxy) is 2. The van der Waals surface area contributed by atoms with Gasteiger partial charge in [-0.1, -0.05) is 23.8 Å². The van der Waals surface area contributed by atoms with Gasteiger partial charge in [-0.2, -0.15) is 0 Å². The van der Waals surface area contributed by atoms with E-state index in [2.05, 4.69) is 5.32 Å². The molecule has 1 saturated heterocycles. The highest BCUT2D eigenvalue weighted by molar-refractivity contribution is 7.10. The van der Waals surface area contributed by atoms with Gasteiger partial charge in [0.1, 0.15) is 11.5 Å². The Labute approximate surface area is 179 Å². The molecule has 2 aromatic carbocycles. The largest absolute Gasteiger partial charge is 0.497 e. The lowest BCUT2D eigenvalue weighted by Gasteiger charge is -2.49. The van der Waals surface area contributed by atoms with Crippen LogP contribution in [0.3, 0.4) is 0 Å². The third kappa shape index (κ3) is 3.21. The maximum Gasteiger partial charge on any atom is 0.256 e. The highest BCUT2D eigenvalue weighted by Gasteiger charge is 2.59. The van der Waals surface area contributed by atoms with E-state index in [1.165, 1.54) is 18.4 Å². The Hall–Kier alpha value is -3.32. The lowest BCUT2D eigenvalue weighted by Crippen LogP contribution is -2.67. The number of methoxy groups -OCH3 is 2. The number of nitrogens with zero attached hydrogens (tertiary/aromatic N) is 1. The average molecular weight is 423 g/mol. The summed E-state index contributed by atoms with van der Waals surface area (Å²) < 4.78 is 10.7. The van der Waals surface area contributed by atoms with Crippen LogP contribution in [-0.2, 0) is 15.1 Å². The van der Waals surface area contributed by atoms with Gasteiger partial charge in [0.2, 0.25) is 5.91 Å². The minimum absolute atomic E-state index is 0.0967. The molecule has 0 spiro atoms. The summed E-state index contributed by atoms with van der Waals surface area (Å²) in [4.78, 5) is 28.8. The van der Waals surface area contributed by atoms with Crippen LogP contribution in [0.5, 0.6) is 11.5 Å². The molecule has 2 heterocycles. The number of nitrogens with one attached hydrogen (secondary N) is 1. The second-order valence-electron chi connectivity index (χ2n) is 7.10. The van der Waals surface area contributed by atoms with Gasteiger partial charge in [0.25, 0.3) is 5.91 Å². The fourth-order valence-electron chi connectivity index (χ4n) is 3.70. The van der Waals surface area contributed by atoms with Crippen LogP contribution in [0.1, 0.15) is 16.9 Å². The van der Waals surface area contributed by atoms with Crippen molar-refractivity contribution in [3.05, 3.63) is 70.4 Å². The lowest BCUT2D eigenvalue weighted by atomic mass is 9.80. The first-order valence-corrected chi connectivity index (χ1v) is 10.3. The number of carbonyl (C=O) groups is 2. The van der Waals surface area contributed by atoms with Crippen molar-refractivity contribution < 1.29 is 19.1 Å². The van der Waals surface area contributed by atoms with Gasteiger partial charge >= 0.3 is 0 Å². The maximum atomic E-state index is 13.7. The summed E-state index contributed by atoms with van der Waals surface area (Å²) in [7, 11) is 3.10. The van der Waals surface area contributed by atoms with Crippen molar-refractivity contribution in [2.75, 3.05) is 24.4 Å². The summed E-state index contributed by atoms with van der Waals surface area (Å²) in [5.41, 5.74) is 1.15. The molecule has 4 rings (SSSR count). The number of amides is 2. The van der Waals surface area contributed by atoms with Crippen LogP contribution in [0.15, 0.2) is 60.0 Å². The monoisotopic (exact) mass is 422 g/mol. The Bertz CT molecular complexity index is 1080. The van der Waals surface area contributed by atoms with Crippen molar-refractivity contribution in [2.45, 2.75) is 18.9 Å². The van der Waals surface area contributed by atoms with Gasteiger partial charge in [0.05, 0.1) is 26.3 Å². The van der Waals surface area contributed by atoms with Gasteiger partial charge in [-0.05, 0) is 42.6 Å². The van der Waals surface area contributed by atoms with E-state index in [-0.39, 0.29) is 18.2 Å². The molecule has 1 aliphatic heterocycles. The first kappa shape index (κ1) is 20.0. The van der Waals surface area contributed by atoms with E-state index in [9.17, 15) is 9.59 Å². The Morgan fingerprint density at radius 3 is 2.47 bits per heavy atom. The van der Waals surface area contributed by atoms with Crippen LogP contribution >= 0.6 is 11.3 Å². The minimum Gasteiger partial charge on any atom is -0.497 e. The number of hydrogen-bond acceptors (Lipinski definition) is 5. The smallest absolute Gasteiger partial charge is 0.256 e. The molecule has 2 amide bonds. The molecule has 7 heteroatoms. The summed E-state index contributed by atoms with van der Waals surface area (Å²) in [5, 5.41) is 4.88. The van der Waals surface area contributed by atoms with Gasteiger partial charge < -0.3 is 14.8 Å². The lowest BCUT2D eigenvalue weighted by molar-refractivity contribution is -0.137. The van der Waals surface area contributed by atoms with Crippen molar-refractivity contribution in [3.63, 3.8) is 0 Å². The van der Waals surface area contributed by atoms with Gasteiger partial charge in [-0.15, -0.1) is 11.3 Å². The van der Waals surface area contributed by atoms with Crippen molar-refractivity contribution in [1.29, 1.82) is 0 Å². The van der Waals surface area contributed by atoms with E-state index in [4.69, 9.17) is 9.47 Å². The molecule has 3 aromatic rings. The summed E-state index contributed by atoms with van der Waals surface area (Å²) in [5.74, 6) is 0.714. The Morgan fingerprint density at radius 1 is 1.10 bits per heavy atom. The summed E-state index contributed by atoms with van der Waals surface area (Å²) in [6, 6.07) is 16.6. The quantitative estimate of drug-likeness (QED) is 0.600. The summed E-state index contributed by atoms with van der Waals surface area (Å²) >= 11 is 1.46. The van der Waals surface area contributed by atoms with Crippen molar-refractivity contribution in [3.8, 4) is 11.5 Å². The van der Waals surface area contributed by atoms with E-state index in [0.29, 0.717) is 22.9 Å². The molecule has 1 aliphatic rings. The standard InChI is InChI=1S/C23H22N2O4S/c1-15-6-8-16(9-7-15)25-21(26)14-23(25,20-5-4-12-30-20)22(27)24-18-13-17(28-2)10-11-19(18)29-3/h4-13H,14H2,1-3H3,(H,24,27)/t23-/m1/s1. The predicted molar refractivity (Wildman–Crippen MR) is 117 cm³/mol. The second kappa shape index (κ2) is 7.84. The number of benzene rings is 2. The van der Waals surface area contributed by atoms with Crippen LogP contribution in [0, 0.1) is 6.92 Å². The Balaban J connectivity index is 1.76. The Kier molecular flexibility index (Phi) is 5.22. The molecule has 1 atom stereocenters. The van der Waals surface area contributed by atoms with Gasteiger partial charge in [-0.3, -0.25) is 14.5 Å². The van der Waals surface area contributed by atoms with E-state index >= 15 is 0 Å². The van der Waals surface area contributed by atoms with Crippen LogP contribution in [0.4, 0.5) is 11.4 Å². The van der Waals surface area contributed by atoms with Crippen LogP contribution in [0.25, 0.3) is 0 Å². The molecule has 1 N–H and O–H groups in total. The number of rotatable bonds is 6. The highest BCUT2D eigenvalue weighted by Crippen LogP contribution is 2.47. The molecule has 1 aromatic heterocycles. The number of β-lactam (4-membered cyclic amide) rings is 1. The fourth-order valence-corrected chi connectivity index (χ4v) is 4.61. The fraction of sp³-hybridized carbons (Fsp3) is 0.217. The molecule has 154 valence electrons. The first-order valence-electron chi connectivity index (χ1n) is 9.47. The molecule has 30 heavy (non-hydrogen) atoms. The molecule has 0 saturated carbocycles. The highest BCUT2D eigenvalue weighted by atomic mass is 32.1. The van der Waals surface area contributed by atoms with Crippen molar-refractivity contribution in [1.82, 2.24) is 0 Å². The summed E-state index contributed by atoms with van der Waals surface area (Å²) in [6.45, 7) is 1.98. The van der Waals surface area contributed by atoms with Crippen molar-refractivity contribution >= 4 is 34.5 Å². The van der Waals surface area contributed by atoms with Gasteiger partial charge in [0, 0.05) is 16.6 Å². The van der Waals surface area contributed by atoms with Crippen LogP contribution < -0.4 is 19.7 Å². The van der Waals surface area contributed by atoms with E-state index in [1.807, 2.05) is 48.7 Å². The number of anilines is 2. The zero-order valence-electron chi connectivity index (χ0n) is 17.0. The van der Waals surface area contributed by atoms with E-state index < -0.39 is 5.54 Å². The third-order valence-corrected chi connectivity index (χ3v) is 6.31. The SMILES string of the molecule is COc1ccc(OC)c(NC(=O)[C@]2(c3cccs3)CC(=O)N2c2ccc(C)cc2)c1. The number of hydrogen-bond donors (Lipinski definition) is 1. The zero-order valence-corrected chi connectivity index (χ0v) is 17.8. The molecule has 0 aliphatic carbocycles. The topological polar surface area (TPSA) is 67.9 Å². The van der Waals surface area contributed by atoms with Crippen molar-refractivity contribution in [2.24, 2.45) is 0 Å². The molecule has 6 nitrogen and oxygen atoms in total.